The Morgan fingerprint density at radius 1 is 1.10 bits per heavy atom. The van der Waals surface area contributed by atoms with Gasteiger partial charge in [-0.25, -0.2) is 13.4 Å². The first-order chi connectivity index (χ1) is 14.4. The molecule has 0 bridgehead atoms. The summed E-state index contributed by atoms with van der Waals surface area (Å²) in [5.41, 5.74) is 0.334. The Labute approximate surface area is 189 Å². The van der Waals surface area contributed by atoms with E-state index in [0.717, 1.165) is 12.8 Å². The molecule has 31 heavy (non-hydrogen) atoms. The number of benzene rings is 1. The third-order valence-electron chi connectivity index (χ3n) is 6.67. The lowest BCUT2D eigenvalue weighted by molar-refractivity contribution is -0.125. The highest BCUT2D eigenvalue weighted by Gasteiger charge is 2.67. The van der Waals surface area contributed by atoms with E-state index in [9.17, 15) is 13.2 Å². The summed E-state index contributed by atoms with van der Waals surface area (Å²) in [5.74, 6) is 0.532. The number of hydrogen-bond donors (Lipinski definition) is 0. The van der Waals surface area contributed by atoms with E-state index in [1.165, 1.54) is 0 Å². The van der Waals surface area contributed by atoms with Crippen molar-refractivity contribution in [3.05, 3.63) is 53.2 Å². The van der Waals surface area contributed by atoms with Crippen molar-refractivity contribution in [2.75, 3.05) is 11.4 Å². The van der Waals surface area contributed by atoms with E-state index >= 15 is 0 Å². The van der Waals surface area contributed by atoms with E-state index in [4.69, 9.17) is 11.6 Å². The second kappa shape index (κ2) is 7.31. The standard InChI is InChI=1S/C24H29ClN2O3S/c1-5-27(21(28)22(2,3)4)20-11-6-17(14-26-20)24(15-23(16-24)12-13-23)31(29,30)19-9-7-18(25)8-10-19/h6-11,14H,5,12-13,15-16H2,1-4H3. The fourth-order valence-corrected chi connectivity index (χ4v) is 7.20. The van der Waals surface area contributed by atoms with Gasteiger partial charge in [0.05, 0.1) is 4.90 Å². The highest BCUT2D eigenvalue weighted by molar-refractivity contribution is 7.92. The van der Waals surface area contributed by atoms with E-state index in [1.807, 2.05) is 33.8 Å². The van der Waals surface area contributed by atoms with Gasteiger partial charge >= 0.3 is 0 Å². The quantitative estimate of drug-likeness (QED) is 0.600. The molecule has 0 atom stereocenters. The van der Waals surface area contributed by atoms with Crippen molar-refractivity contribution < 1.29 is 13.2 Å². The zero-order chi connectivity index (χ0) is 22.7. The van der Waals surface area contributed by atoms with Crippen LogP contribution in [-0.4, -0.2) is 25.9 Å². The summed E-state index contributed by atoms with van der Waals surface area (Å²) in [5, 5.41) is 0.509. The minimum Gasteiger partial charge on any atom is -0.297 e. The summed E-state index contributed by atoms with van der Waals surface area (Å²) in [6.45, 7) is 8.05. The summed E-state index contributed by atoms with van der Waals surface area (Å²) in [7, 11) is -3.62. The second-order valence-electron chi connectivity index (χ2n) is 10.0. The molecule has 1 spiro atoms. The molecule has 4 rings (SSSR count). The van der Waals surface area contributed by atoms with E-state index < -0.39 is 20.0 Å². The lowest BCUT2D eigenvalue weighted by atomic mass is 9.68. The van der Waals surface area contributed by atoms with Crippen LogP contribution in [0, 0.1) is 10.8 Å². The number of pyridine rings is 1. The monoisotopic (exact) mass is 460 g/mol. The van der Waals surface area contributed by atoms with Crippen molar-refractivity contribution in [1.29, 1.82) is 0 Å². The molecule has 0 aliphatic heterocycles. The largest absolute Gasteiger partial charge is 0.297 e. The molecule has 2 saturated carbocycles. The van der Waals surface area contributed by atoms with E-state index in [1.54, 1.807) is 41.4 Å². The van der Waals surface area contributed by atoms with Gasteiger partial charge in [0, 0.05) is 23.2 Å². The number of aromatic nitrogens is 1. The zero-order valence-electron chi connectivity index (χ0n) is 18.5. The maximum Gasteiger partial charge on any atom is 0.233 e. The van der Waals surface area contributed by atoms with Crippen LogP contribution in [0.1, 0.15) is 58.9 Å². The van der Waals surface area contributed by atoms with Gasteiger partial charge in [-0.15, -0.1) is 0 Å². The van der Waals surface area contributed by atoms with Gasteiger partial charge in [-0.2, -0.15) is 0 Å². The molecule has 1 aromatic heterocycles. The van der Waals surface area contributed by atoms with Crippen LogP contribution in [0.5, 0.6) is 0 Å². The summed E-state index contributed by atoms with van der Waals surface area (Å²) in [6.07, 6.45) is 5.05. The predicted molar refractivity (Wildman–Crippen MR) is 123 cm³/mol. The Morgan fingerprint density at radius 2 is 1.71 bits per heavy atom. The van der Waals surface area contributed by atoms with Gasteiger partial charge in [0.2, 0.25) is 5.91 Å². The van der Waals surface area contributed by atoms with E-state index in [2.05, 4.69) is 4.98 Å². The average molecular weight is 461 g/mol. The molecule has 0 saturated heterocycles. The first-order valence-corrected chi connectivity index (χ1v) is 12.6. The predicted octanol–water partition coefficient (Wildman–Crippen LogP) is 5.38. The molecule has 2 aliphatic carbocycles. The SMILES string of the molecule is CCN(C(=O)C(C)(C)C)c1ccc(C2(S(=O)(=O)c3ccc(Cl)cc3)CC3(CC3)C2)cn1. The number of sulfone groups is 1. The average Bonchev–Trinajstić information content (AvgIpc) is 3.48. The Kier molecular flexibility index (Phi) is 5.25. The van der Waals surface area contributed by atoms with Crippen LogP contribution in [0.15, 0.2) is 47.5 Å². The van der Waals surface area contributed by atoms with Crippen molar-refractivity contribution in [3.63, 3.8) is 0 Å². The number of nitrogens with zero attached hydrogens (tertiary/aromatic N) is 2. The van der Waals surface area contributed by atoms with E-state index in [-0.39, 0.29) is 16.2 Å². The van der Waals surface area contributed by atoms with Crippen molar-refractivity contribution in [2.45, 2.75) is 63.0 Å². The zero-order valence-corrected chi connectivity index (χ0v) is 20.1. The normalized spacial score (nSPS) is 19.0. The first kappa shape index (κ1) is 22.3. The van der Waals surface area contributed by atoms with Gasteiger partial charge in [0.25, 0.3) is 0 Å². The van der Waals surface area contributed by atoms with Crippen LogP contribution < -0.4 is 4.90 Å². The maximum atomic E-state index is 13.7. The summed E-state index contributed by atoms with van der Waals surface area (Å²) < 4.78 is 26.5. The molecule has 2 aliphatic rings. The molecule has 1 heterocycles. The van der Waals surface area contributed by atoms with Crippen LogP contribution in [0.3, 0.4) is 0 Å². The van der Waals surface area contributed by atoms with Gasteiger partial charge in [-0.1, -0.05) is 38.4 Å². The van der Waals surface area contributed by atoms with Crippen molar-refractivity contribution >= 4 is 33.2 Å². The van der Waals surface area contributed by atoms with Crippen LogP contribution in [0.25, 0.3) is 0 Å². The summed E-state index contributed by atoms with van der Waals surface area (Å²) >= 11 is 5.98. The second-order valence-corrected chi connectivity index (χ2v) is 12.7. The highest BCUT2D eigenvalue weighted by Crippen LogP contribution is 2.71. The lowest BCUT2D eigenvalue weighted by Crippen LogP contribution is -2.49. The topological polar surface area (TPSA) is 67.3 Å². The number of halogens is 1. The lowest BCUT2D eigenvalue weighted by Gasteiger charge is -2.48. The number of carbonyl (C=O) groups is 1. The molecule has 166 valence electrons. The number of anilines is 1. The Hall–Kier alpha value is -1.92. The van der Waals surface area contributed by atoms with Crippen LogP contribution >= 0.6 is 11.6 Å². The molecule has 7 heteroatoms. The molecule has 0 radical (unpaired) electrons. The molecule has 2 fully saturated rings. The molecular weight excluding hydrogens is 432 g/mol. The number of carbonyl (C=O) groups excluding carboxylic acids is 1. The molecule has 0 unspecified atom stereocenters. The molecule has 1 aromatic carbocycles. The van der Waals surface area contributed by atoms with Crippen LogP contribution in [0.4, 0.5) is 5.82 Å². The minimum absolute atomic E-state index is 0.0145. The van der Waals surface area contributed by atoms with Crippen molar-refractivity contribution in [3.8, 4) is 0 Å². The van der Waals surface area contributed by atoms with Crippen LogP contribution in [0.2, 0.25) is 5.02 Å². The van der Waals surface area contributed by atoms with Crippen LogP contribution in [-0.2, 0) is 19.4 Å². The molecule has 1 amide bonds. The first-order valence-electron chi connectivity index (χ1n) is 10.7. The number of rotatable bonds is 5. The minimum atomic E-state index is -3.62. The fraction of sp³-hybridized carbons (Fsp3) is 0.500. The van der Waals surface area contributed by atoms with Gasteiger partial charge in [-0.05, 0) is 73.9 Å². The molecule has 2 aromatic rings. The maximum absolute atomic E-state index is 13.7. The van der Waals surface area contributed by atoms with E-state index in [0.29, 0.717) is 35.8 Å². The summed E-state index contributed by atoms with van der Waals surface area (Å²) in [4.78, 5) is 19.3. The molecule has 0 N–H and O–H groups in total. The number of amides is 1. The Bertz CT molecular complexity index is 1090. The summed E-state index contributed by atoms with van der Waals surface area (Å²) in [6, 6.07) is 10.0. The smallest absolute Gasteiger partial charge is 0.233 e. The number of hydrogen-bond acceptors (Lipinski definition) is 4. The van der Waals surface area contributed by atoms with Crippen molar-refractivity contribution in [1.82, 2.24) is 4.98 Å². The van der Waals surface area contributed by atoms with Gasteiger partial charge in [0.15, 0.2) is 9.84 Å². The molecule has 5 nitrogen and oxygen atoms in total. The highest BCUT2D eigenvalue weighted by atomic mass is 35.5. The van der Waals surface area contributed by atoms with Gasteiger partial charge in [0.1, 0.15) is 10.6 Å². The Morgan fingerprint density at radius 3 is 2.16 bits per heavy atom. The fourth-order valence-electron chi connectivity index (χ4n) is 4.71. The van der Waals surface area contributed by atoms with Gasteiger partial charge < -0.3 is 0 Å². The Balaban J connectivity index is 1.71. The van der Waals surface area contributed by atoms with Gasteiger partial charge in [-0.3, -0.25) is 9.69 Å². The third kappa shape index (κ3) is 3.68. The van der Waals surface area contributed by atoms with Crippen molar-refractivity contribution in [2.24, 2.45) is 10.8 Å². The molecular formula is C24H29ClN2O3S. The third-order valence-corrected chi connectivity index (χ3v) is 9.37.